The highest BCUT2D eigenvalue weighted by Gasteiger charge is 2.11. The first-order chi connectivity index (χ1) is 10.2. The molecule has 0 bridgehead atoms. The number of anilines is 1. The molecule has 0 saturated heterocycles. The lowest BCUT2D eigenvalue weighted by molar-refractivity contribution is 0.282. The number of para-hydroxylation sites is 1. The van der Waals surface area contributed by atoms with Crippen molar-refractivity contribution in [2.24, 2.45) is 0 Å². The zero-order valence-corrected chi connectivity index (χ0v) is 12.6. The number of nitrogens with one attached hydrogen (secondary N) is 1. The van der Waals surface area contributed by atoms with Crippen LogP contribution in [0.5, 0.6) is 11.5 Å². The van der Waals surface area contributed by atoms with Crippen LogP contribution in [0.4, 0.5) is 5.69 Å². The molecule has 0 aromatic heterocycles. The fraction of sp³-hybridized carbons (Fsp3) is 0.294. The van der Waals surface area contributed by atoms with Gasteiger partial charge in [0.25, 0.3) is 0 Å². The highest BCUT2D eigenvalue weighted by molar-refractivity contribution is 5.53. The van der Waals surface area contributed by atoms with Gasteiger partial charge in [-0.1, -0.05) is 24.3 Å². The van der Waals surface area contributed by atoms with Crippen LogP contribution < -0.4 is 14.8 Å². The van der Waals surface area contributed by atoms with E-state index >= 15 is 0 Å². The van der Waals surface area contributed by atoms with Crippen molar-refractivity contribution in [1.82, 2.24) is 0 Å². The molecular weight excluding hydrogens is 266 g/mol. The third kappa shape index (κ3) is 3.47. The molecule has 4 nitrogen and oxygen atoms in total. The van der Waals surface area contributed by atoms with Crippen molar-refractivity contribution in [1.29, 1.82) is 0 Å². The molecule has 2 rings (SSSR count). The van der Waals surface area contributed by atoms with E-state index in [1.54, 1.807) is 14.2 Å². The van der Waals surface area contributed by atoms with Gasteiger partial charge in [-0.15, -0.1) is 0 Å². The summed E-state index contributed by atoms with van der Waals surface area (Å²) in [5.74, 6) is 1.42. The molecule has 21 heavy (non-hydrogen) atoms. The number of methoxy groups -OCH3 is 2. The number of hydrogen-bond acceptors (Lipinski definition) is 4. The Morgan fingerprint density at radius 3 is 2.43 bits per heavy atom. The number of rotatable bonds is 6. The molecule has 0 aliphatic heterocycles. The van der Waals surface area contributed by atoms with Crippen molar-refractivity contribution in [3.63, 3.8) is 0 Å². The van der Waals surface area contributed by atoms with Gasteiger partial charge in [-0.25, -0.2) is 0 Å². The van der Waals surface area contributed by atoms with Crippen molar-refractivity contribution in [3.05, 3.63) is 53.6 Å². The second kappa shape index (κ2) is 6.99. The van der Waals surface area contributed by atoms with E-state index in [2.05, 4.69) is 12.2 Å². The van der Waals surface area contributed by atoms with Crippen LogP contribution in [0.25, 0.3) is 0 Å². The molecule has 1 atom stereocenters. The number of hydrogen-bond donors (Lipinski definition) is 2. The summed E-state index contributed by atoms with van der Waals surface area (Å²) >= 11 is 0. The molecule has 4 heteroatoms. The molecule has 0 spiro atoms. The Balaban J connectivity index is 2.22. The Morgan fingerprint density at radius 1 is 1.05 bits per heavy atom. The van der Waals surface area contributed by atoms with Crippen LogP contribution in [0.15, 0.2) is 42.5 Å². The summed E-state index contributed by atoms with van der Waals surface area (Å²) in [6.07, 6.45) is 0. The largest absolute Gasteiger partial charge is 0.493 e. The highest BCUT2D eigenvalue weighted by Crippen LogP contribution is 2.31. The van der Waals surface area contributed by atoms with Gasteiger partial charge in [0.15, 0.2) is 11.5 Å². The number of ether oxygens (including phenoxy) is 2. The van der Waals surface area contributed by atoms with E-state index in [4.69, 9.17) is 9.47 Å². The van der Waals surface area contributed by atoms with E-state index in [9.17, 15) is 5.11 Å². The van der Waals surface area contributed by atoms with Crippen LogP contribution >= 0.6 is 0 Å². The maximum absolute atomic E-state index is 9.38. The quantitative estimate of drug-likeness (QED) is 0.855. The Kier molecular flexibility index (Phi) is 5.06. The Bertz CT molecular complexity index is 598. The van der Waals surface area contributed by atoms with Crippen LogP contribution in [-0.4, -0.2) is 19.3 Å². The van der Waals surface area contributed by atoms with Gasteiger partial charge < -0.3 is 19.9 Å². The minimum atomic E-state index is 0.0157. The van der Waals surface area contributed by atoms with Crippen LogP contribution in [0, 0.1) is 0 Å². The zero-order chi connectivity index (χ0) is 15.2. The van der Waals surface area contributed by atoms with Crippen molar-refractivity contribution in [3.8, 4) is 11.5 Å². The summed E-state index contributed by atoms with van der Waals surface area (Å²) in [5.41, 5.74) is 2.90. The van der Waals surface area contributed by atoms with Gasteiger partial charge in [0.05, 0.1) is 20.8 Å². The fourth-order valence-corrected chi connectivity index (χ4v) is 2.24. The van der Waals surface area contributed by atoms with Gasteiger partial charge in [-0.3, -0.25) is 0 Å². The van der Waals surface area contributed by atoms with Crippen molar-refractivity contribution < 1.29 is 14.6 Å². The summed E-state index contributed by atoms with van der Waals surface area (Å²) in [7, 11) is 3.25. The molecule has 1 unspecified atom stereocenters. The summed E-state index contributed by atoms with van der Waals surface area (Å²) < 4.78 is 10.6. The van der Waals surface area contributed by atoms with E-state index in [-0.39, 0.29) is 12.6 Å². The molecule has 0 aliphatic carbocycles. The lowest BCUT2D eigenvalue weighted by atomic mass is 10.1. The normalized spacial score (nSPS) is 11.8. The van der Waals surface area contributed by atoms with Crippen LogP contribution in [-0.2, 0) is 6.61 Å². The molecule has 0 saturated carbocycles. The second-order valence-corrected chi connectivity index (χ2v) is 4.80. The Morgan fingerprint density at radius 2 is 1.76 bits per heavy atom. The molecule has 0 amide bonds. The minimum Gasteiger partial charge on any atom is -0.493 e. The van der Waals surface area contributed by atoms with Crippen LogP contribution in [0.1, 0.15) is 24.1 Å². The van der Waals surface area contributed by atoms with Gasteiger partial charge in [0.2, 0.25) is 0 Å². The van der Waals surface area contributed by atoms with E-state index < -0.39 is 0 Å². The minimum absolute atomic E-state index is 0.0157. The van der Waals surface area contributed by atoms with Crippen molar-refractivity contribution >= 4 is 5.69 Å². The van der Waals surface area contributed by atoms with Crippen molar-refractivity contribution in [2.75, 3.05) is 19.5 Å². The van der Waals surface area contributed by atoms with Gasteiger partial charge in [-0.05, 0) is 30.7 Å². The molecule has 0 fully saturated rings. The van der Waals surface area contributed by atoms with E-state index in [0.29, 0.717) is 11.5 Å². The molecule has 112 valence electrons. The molecule has 2 aromatic carbocycles. The first-order valence-corrected chi connectivity index (χ1v) is 6.86. The monoisotopic (exact) mass is 287 g/mol. The average Bonchev–Trinajstić information content (AvgIpc) is 2.54. The predicted molar refractivity (Wildman–Crippen MR) is 83.9 cm³/mol. The maximum atomic E-state index is 9.38. The number of aliphatic hydroxyl groups excluding tert-OH is 1. The standard InChI is InChI=1S/C17H21NO3/c1-12(18-15-7-5-4-6-14(15)11-19)13-8-9-16(20-2)17(10-13)21-3/h4-10,12,18-19H,11H2,1-3H3. The van der Waals surface area contributed by atoms with E-state index in [1.807, 2.05) is 42.5 Å². The summed E-state index contributed by atoms with van der Waals surface area (Å²) in [4.78, 5) is 0. The van der Waals surface area contributed by atoms with E-state index in [1.165, 1.54) is 0 Å². The fourth-order valence-electron chi connectivity index (χ4n) is 2.24. The summed E-state index contributed by atoms with van der Waals surface area (Å²) in [6.45, 7) is 2.08. The number of aliphatic hydroxyl groups is 1. The van der Waals surface area contributed by atoms with Crippen molar-refractivity contribution in [2.45, 2.75) is 19.6 Å². The van der Waals surface area contributed by atoms with Gasteiger partial charge >= 0.3 is 0 Å². The third-order valence-corrected chi connectivity index (χ3v) is 3.47. The van der Waals surface area contributed by atoms with Gasteiger partial charge in [0, 0.05) is 17.3 Å². The molecule has 2 aromatic rings. The molecule has 0 aliphatic rings. The number of benzene rings is 2. The maximum Gasteiger partial charge on any atom is 0.161 e. The van der Waals surface area contributed by atoms with Crippen LogP contribution in [0.2, 0.25) is 0 Å². The Hall–Kier alpha value is -2.20. The second-order valence-electron chi connectivity index (χ2n) is 4.80. The smallest absolute Gasteiger partial charge is 0.161 e. The zero-order valence-electron chi connectivity index (χ0n) is 12.6. The van der Waals surface area contributed by atoms with Gasteiger partial charge in [0.1, 0.15) is 0 Å². The molecule has 2 N–H and O–H groups in total. The Labute approximate surface area is 125 Å². The SMILES string of the molecule is COc1ccc(C(C)Nc2ccccc2CO)cc1OC. The first-order valence-electron chi connectivity index (χ1n) is 6.86. The topological polar surface area (TPSA) is 50.7 Å². The third-order valence-electron chi connectivity index (χ3n) is 3.47. The van der Waals surface area contributed by atoms with Crippen LogP contribution in [0.3, 0.4) is 0 Å². The molecule has 0 radical (unpaired) electrons. The average molecular weight is 287 g/mol. The summed E-state index contributed by atoms with van der Waals surface area (Å²) in [5, 5.41) is 12.8. The first kappa shape index (κ1) is 15.2. The molecule has 0 heterocycles. The van der Waals surface area contributed by atoms with Gasteiger partial charge in [-0.2, -0.15) is 0 Å². The predicted octanol–water partition coefficient (Wildman–Crippen LogP) is 3.37. The van der Waals surface area contributed by atoms with E-state index in [0.717, 1.165) is 16.8 Å². The lowest BCUT2D eigenvalue weighted by Gasteiger charge is -2.19. The lowest BCUT2D eigenvalue weighted by Crippen LogP contribution is -2.08. The highest BCUT2D eigenvalue weighted by atomic mass is 16.5. The summed E-state index contributed by atoms with van der Waals surface area (Å²) in [6, 6.07) is 13.7. The molecular formula is C17H21NO3.